The Morgan fingerprint density at radius 3 is 2.53 bits per heavy atom. The van der Waals surface area contributed by atoms with Gasteiger partial charge < -0.3 is 10.8 Å². The first-order valence-electron chi connectivity index (χ1n) is 4.00. The van der Waals surface area contributed by atoms with Crippen molar-refractivity contribution >= 4 is 17.7 Å². The van der Waals surface area contributed by atoms with Gasteiger partial charge in [-0.15, -0.1) is 0 Å². The van der Waals surface area contributed by atoms with E-state index in [0.717, 1.165) is 0 Å². The van der Waals surface area contributed by atoms with Crippen LogP contribution in [0.1, 0.15) is 15.9 Å². The summed E-state index contributed by atoms with van der Waals surface area (Å²) in [6.07, 6.45) is 2.26. The molecule has 6 heteroatoms. The molecule has 0 aliphatic carbocycles. The van der Waals surface area contributed by atoms with Crippen molar-refractivity contribution in [2.24, 2.45) is 5.73 Å². The zero-order valence-electron chi connectivity index (χ0n) is 7.64. The molecule has 78 valence electrons. The molecule has 0 aliphatic heterocycles. The third kappa shape index (κ3) is 2.87. The third-order valence-electron chi connectivity index (χ3n) is 1.68. The first-order valence-corrected chi connectivity index (χ1v) is 4.00. The Kier molecular flexibility index (Phi) is 3.12. The van der Waals surface area contributed by atoms with E-state index in [2.05, 4.69) is 4.98 Å². The number of hydrogen-bond donors (Lipinski definition) is 2. The maximum Gasteiger partial charge on any atom is 0.372 e. The lowest BCUT2D eigenvalue weighted by molar-refractivity contribution is -0.148. The van der Waals surface area contributed by atoms with Gasteiger partial charge in [0.2, 0.25) is 11.7 Å². The van der Waals surface area contributed by atoms with Gasteiger partial charge in [-0.1, -0.05) is 0 Å². The Hall–Kier alpha value is -2.24. The molecule has 0 aliphatic rings. The number of pyridine rings is 1. The van der Waals surface area contributed by atoms with Crippen LogP contribution in [0.3, 0.4) is 0 Å². The molecule has 0 saturated carbocycles. The summed E-state index contributed by atoms with van der Waals surface area (Å²) in [4.78, 5) is 35.5. The maximum atomic E-state index is 10.8. The maximum absolute atomic E-state index is 10.8. The topological polar surface area (TPSA) is 110 Å². The molecule has 1 aromatic heterocycles. The standard InChI is InChI=1S/C9H8N2O4/c10-8(13)6-1-5(3-11-4-6)2-7(12)9(14)15/h1,3-4H,2H2,(H2,10,13)(H,14,15). The Labute approximate surface area is 84.7 Å². The van der Waals surface area contributed by atoms with Crippen LogP contribution < -0.4 is 5.73 Å². The minimum absolute atomic E-state index is 0.144. The van der Waals surface area contributed by atoms with Gasteiger partial charge in [0.25, 0.3) is 0 Å². The molecule has 1 aromatic rings. The van der Waals surface area contributed by atoms with Crippen molar-refractivity contribution in [2.45, 2.75) is 6.42 Å². The molecule has 3 N–H and O–H groups in total. The molecule has 15 heavy (non-hydrogen) atoms. The van der Waals surface area contributed by atoms with Gasteiger partial charge in [-0.25, -0.2) is 4.79 Å². The quantitative estimate of drug-likeness (QED) is 0.640. The number of aliphatic carboxylic acids is 1. The molecule has 1 heterocycles. The van der Waals surface area contributed by atoms with Crippen molar-refractivity contribution in [2.75, 3.05) is 0 Å². The highest BCUT2D eigenvalue weighted by Crippen LogP contribution is 2.03. The lowest BCUT2D eigenvalue weighted by Gasteiger charge is -1.99. The van der Waals surface area contributed by atoms with Crippen LogP contribution in [0.15, 0.2) is 18.5 Å². The number of Topliss-reactive ketones (excluding diaryl/α,β-unsaturated/α-hetero) is 1. The predicted molar refractivity (Wildman–Crippen MR) is 49.1 cm³/mol. The van der Waals surface area contributed by atoms with Crippen LogP contribution in [0.25, 0.3) is 0 Å². The first-order chi connectivity index (χ1) is 7.00. The van der Waals surface area contributed by atoms with E-state index in [1.807, 2.05) is 0 Å². The summed E-state index contributed by atoms with van der Waals surface area (Å²) >= 11 is 0. The minimum atomic E-state index is -1.51. The average molecular weight is 208 g/mol. The number of carbonyl (C=O) groups is 3. The van der Waals surface area contributed by atoms with Gasteiger partial charge in [-0.05, 0) is 11.6 Å². The second-order valence-corrected chi connectivity index (χ2v) is 2.85. The predicted octanol–water partition coefficient (Wildman–Crippen LogP) is -0.623. The third-order valence-corrected chi connectivity index (χ3v) is 1.68. The molecule has 6 nitrogen and oxygen atoms in total. The molecule has 0 radical (unpaired) electrons. The van der Waals surface area contributed by atoms with E-state index in [9.17, 15) is 14.4 Å². The monoisotopic (exact) mass is 208 g/mol. The van der Waals surface area contributed by atoms with E-state index < -0.39 is 17.7 Å². The number of hydrogen-bond acceptors (Lipinski definition) is 4. The molecule has 0 spiro atoms. The van der Waals surface area contributed by atoms with Crippen molar-refractivity contribution < 1.29 is 19.5 Å². The van der Waals surface area contributed by atoms with Crippen molar-refractivity contribution in [3.63, 3.8) is 0 Å². The number of amides is 1. The summed E-state index contributed by atoms with van der Waals surface area (Å²) in [6, 6.07) is 1.34. The zero-order chi connectivity index (χ0) is 11.4. The number of rotatable bonds is 4. The van der Waals surface area contributed by atoms with Gasteiger partial charge in [0.1, 0.15) is 0 Å². The number of carboxylic acids is 1. The zero-order valence-corrected chi connectivity index (χ0v) is 7.64. The lowest BCUT2D eigenvalue weighted by atomic mass is 10.1. The molecule has 0 atom stereocenters. The van der Waals surface area contributed by atoms with Crippen molar-refractivity contribution in [1.29, 1.82) is 0 Å². The molecule has 1 amide bonds. The fraction of sp³-hybridized carbons (Fsp3) is 0.111. The number of primary amides is 1. The Balaban J connectivity index is 2.87. The first kappa shape index (κ1) is 10.8. The number of carbonyl (C=O) groups excluding carboxylic acids is 2. The molecule has 1 rings (SSSR count). The number of aromatic nitrogens is 1. The van der Waals surface area contributed by atoms with E-state index in [4.69, 9.17) is 10.8 Å². The minimum Gasteiger partial charge on any atom is -0.475 e. The van der Waals surface area contributed by atoms with E-state index in [-0.39, 0.29) is 12.0 Å². The second-order valence-electron chi connectivity index (χ2n) is 2.85. The number of nitrogens with zero attached hydrogens (tertiary/aromatic N) is 1. The average Bonchev–Trinajstić information content (AvgIpc) is 2.18. The molecular weight excluding hydrogens is 200 g/mol. The normalized spacial score (nSPS) is 9.60. The Morgan fingerprint density at radius 1 is 1.33 bits per heavy atom. The van der Waals surface area contributed by atoms with Gasteiger partial charge >= 0.3 is 5.97 Å². The van der Waals surface area contributed by atoms with Crippen LogP contribution in [-0.4, -0.2) is 27.8 Å². The van der Waals surface area contributed by atoms with E-state index in [1.54, 1.807) is 0 Å². The number of carboxylic acid groups (broad SMARTS) is 1. The molecular formula is C9H8N2O4. The van der Waals surface area contributed by atoms with E-state index >= 15 is 0 Å². The van der Waals surface area contributed by atoms with Gasteiger partial charge in [0.15, 0.2) is 0 Å². The van der Waals surface area contributed by atoms with Crippen molar-refractivity contribution in [3.05, 3.63) is 29.6 Å². The van der Waals surface area contributed by atoms with Crippen LogP contribution in [0.5, 0.6) is 0 Å². The summed E-state index contributed by atoms with van der Waals surface area (Å²) in [5.41, 5.74) is 5.48. The summed E-state index contributed by atoms with van der Waals surface area (Å²) in [5.74, 6) is -3.15. The van der Waals surface area contributed by atoms with Crippen LogP contribution in [0.2, 0.25) is 0 Å². The van der Waals surface area contributed by atoms with Crippen LogP contribution in [0, 0.1) is 0 Å². The highest BCUT2D eigenvalue weighted by atomic mass is 16.4. The molecule has 0 saturated heterocycles. The fourth-order valence-electron chi connectivity index (χ4n) is 0.980. The smallest absolute Gasteiger partial charge is 0.372 e. The summed E-state index contributed by atoms with van der Waals surface area (Å²) < 4.78 is 0. The summed E-state index contributed by atoms with van der Waals surface area (Å²) in [7, 11) is 0. The second kappa shape index (κ2) is 4.32. The Morgan fingerprint density at radius 2 is 2.00 bits per heavy atom. The van der Waals surface area contributed by atoms with E-state index in [1.165, 1.54) is 18.5 Å². The Bertz CT molecular complexity index is 428. The van der Waals surface area contributed by atoms with Crippen molar-refractivity contribution in [3.8, 4) is 0 Å². The van der Waals surface area contributed by atoms with Crippen LogP contribution in [0.4, 0.5) is 0 Å². The number of nitrogens with two attached hydrogens (primary N) is 1. The SMILES string of the molecule is NC(=O)c1cncc(CC(=O)C(=O)O)c1. The molecule has 0 fully saturated rings. The van der Waals surface area contributed by atoms with E-state index in [0.29, 0.717) is 5.56 Å². The summed E-state index contributed by atoms with van der Waals surface area (Å²) in [5, 5.41) is 8.36. The van der Waals surface area contributed by atoms with Gasteiger partial charge in [-0.3, -0.25) is 14.6 Å². The molecule has 0 bridgehead atoms. The van der Waals surface area contributed by atoms with Gasteiger partial charge in [0, 0.05) is 18.8 Å². The van der Waals surface area contributed by atoms with Crippen molar-refractivity contribution in [1.82, 2.24) is 4.98 Å². The van der Waals surface area contributed by atoms with Gasteiger partial charge in [0.05, 0.1) is 5.56 Å². The lowest BCUT2D eigenvalue weighted by Crippen LogP contribution is -2.16. The number of ketones is 1. The molecule has 0 unspecified atom stereocenters. The highest BCUT2D eigenvalue weighted by molar-refractivity contribution is 6.33. The van der Waals surface area contributed by atoms with Gasteiger partial charge in [-0.2, -0.15) is 0 Å². The van der Waals surface area contributed by atoms with Crippen LogP contribution in [-0.2, 0) is 16.0 Å². The van der Waals surface area contributed by atoms with Crippen LogP contribution >= 0.6 is 0 Å². The summed E-state index contributed by atoms with van der Waals surface area (Å²) in [6.45, 7) is 0. The highest BCUT2D eigenvalue weighted by Gasteiger charge is 2.13. The fourth-order valence-corrected chi connectivity index (χ4v) is 0.980. The molecule has 0 aromatic carbocycles. The largest absolute Gasteiger partial charge is 0.475 e.